The number of nitrogens with one attached hydrogen (secondary N) is 1. The summed E-state index contributed by atoms with van der Waals surface area (Å²) in [4.78, 5) is 16.2. The maximum atomic E-state index is 13.0. The third-order valence-corrected chi connectivity index (χ3v) is 4.74. The molecule has 1 fully saturated rings. The van der Waals surface area contributed by atoms with E-state index in [9.17, 15) is 31.1 Å². The Balaban J connectivity index is 1.79. The largest absolute Gasteiger partial charge is 0.391 e. The van der Waals surface area contributed by atoms with Gasteiger partial charge in [-0.25, -0.2) is 4.98 Å². The highest BCUT2D eigenvalue weighted by Gasteiger charge is 2.52. The molecule has 27 heavy (non-hydrogen) atoms. The van der Waals surface area contributed by atoms with Gasteiger partial charge in [0.15, 0.2) is 0 Å². The van der Waals surface area contributed by atoms with Crippen LogP contribution in [0.1, 0.15) is 35.3 Å². The number of rotatable bonds is 2. The van der Waals surface area contributed by atoms with Gasteiger partial charge in [0.2, 0.25) is 0 Å². The van der Waals surface area contributed by atoms with E-state index in [0.717, 1.165) is 6.20 Å². The van der Waals surface area contributed by atoms with Gasteiger partial charge in [-0.05, 0) is 32.3 Å². The van der Waals surface area contributed by atoms with Gasteiger partial charge in [-0.15, -0.1) is 0 Å². The number of aryl methyl sites for hydroxylation is 1. The number of carbonyl (C=O) groups excluding carboxylic acids is 1. The lowest BCUT2D eigenvalue weighted by atomic mass is 9.77. The fourth-order valence-corrected chi connectivity index (χ4v) is 3.31. The third kappa shape index (κ3) is 4.16. The quantitative estimate of drug-likeness (QED) is 0.775. The summed E-state index contributed by atoms with van der Waals surface area (Å²) >= 11 is 0. The van der Waals surface area contributed by atoms with Crippen LogP contribution in [-0.2, 0) is 0 Å². The average molecular weight is 395 g/mol. The third-order valence-electron chi connectivity index (χ3n) is 4.74. The van der Waals surface area contributed by atoms with Crippen molar-refractivity contribution in [3.63, 3.8) is 0 Å². The molecular weight excluding hydrogens is 380 g/mol. The van der Waals surface area contributed by atoms with Crippen LogP contribution in [0.4, 0.5) is 26.3 Å². The van der Waals surface area contributed by atoms with E-state index in [0.29, 0.717) is 11.1 Å². The number of pyridine rings is 1. The number of nitrogens with zero attached hydrogens (tertiary/aromatic N) is 2. The molecule has 1 aliphatic carbocycles. The van der Waals surface area contributed by atoms with E-state index in [4.69, 9.17) is 4.52 Å². The van der Waals surface area contributed by atoms with Gasteiger partial charge in [0.05, 0.1) is 28.5 Å². The summed E-state index contributed by atoms with van der Waals surface area (Å²) in [5.41, 5.74) is 0.640. The van der Waals surface area contributed by atoms with Crippen molar-refractivity contribution in [1.82, 2.24) is 15.5 Å². The van der Waals surface area contributed by atoms with Crippen LogP contribution in [0.15, 0.2) is 16.8 Å². The molecule has 1 aliphatic rings. The second-order valence-electron chi connectivity index (χ2n) is 6.70. The molecule has 0 aliphatic heterocycles. The molecule has 0 bridgehead atoms. The van der Waals surface area contributed by atoms with Crippen LogP contribution >= 0.6 is 0 Å². The molecule has 0 saturated heterocycles. The van der Waals surface area contributed by atoms with Crippen LogP contribution in [0.25, 0.3) is 11.1 Å². The van der Waals surface area contributed by atoms with Gasteiger partial charge in [-0.1, -0.05) is 5.16 Å². The van der Waals surface area contributed by atoms with Gasteiger partial charge in [0.25, 0.3) is 11.6 Å². The molecule has 5 nitrogen and oxygen atoms in total. The Kier molecular flexibility index (Phi) is 4.81. The Hall–Kier alpha value is -2.33. The molecule has 0 aromatic carbocycles. The van der Waals surface area contributed by atoms with Crippen molar-refractivity contribution in [1.29, 1.82) is 0 Å². The summed E-state index contributed by atoms with van der Waals surface area (Å²) in [7, 11) is 0. The first-order chi connectivity index (χ1) is 12.4. The van der Waals surface area contributed by atoms with E-state index in [1.807, 2.05) is 0 Å². The number of halogens is 6. The molecule has 2 heterocycles. The van der Waals surface area contributed by atoms with Gasteiger partial charge in [0, 0.05) is 12.2 Å². The lowest BCUT2D eigenvalue weighted by Crippen LogP contribution is -2.47. The summed E-state index contributed by atoms with van der Waals surface area (Å²) in [6.07, 6.45) is -10.6. The molecule has 0 radical (unpaired) electrons. The number of alkyl halides is 6. The molecule has 148 valence electrons. The number of aromatic nitrogens is 2. The minimum Gasteiger partial charge on any atom is -0.349 e. The van der Waals surface area contributed by atoms with Gasteiger partial charge >= 0.3 is 12.4 Å². The first kappa shape index (κ1) is 19.4. The van der Waals surface area contributed by atoms with Crippen molar-refractivity contribution in [2.45, 2.75) is 44.6 Å². The second kappa shape index (κ2) is 6.68. The number of carbonyl (C=O) groups is 1. The number of amides is 1. The summed E-state index contributed by atoms with van der Waals surface area (Å²) in [6.45, 7) is 1.61. The van der Waals surface area contributed by atoms with Gasteiger partial charge in [-0.2, -0.15) is 26.3 Å². The van der Waals surface area contributed by atoms with Crippen LogP contribution in [-0.4, -0.2) is 34.4 Å². The maximum absolute atomic E-state index is 13.0. The molecule has 2 aromatic heterocycles. The summed E-state index contributed by atoms with van der Waals surface area (Å²) in [6, 6.07) is 0.137. The number of hydrogen-bond acceptors (Lipinski definition) is 4. The SMILES string of the molecule is Cc1noc2ncc(C(=O)NC3C[C@H](C(F)(F)F)C[C@@H](C(F)(F)F)C3)cc12. The van der Waals surface area contributed by atoms with Crippen molar-refractivity contribution >= 4 is 17.0 Å². The van der Waals surface area contributed by atoms with Gasteiger partial charge < -0.3 is 9.84 Å². The van der Waals surface area contributed by atoms with E-state index < -0.39 is 55.4 Å². The molecule has 3 rings (SSSR count). The van der Waals surface area contributed by atoms with Crippen molar-refractivity contribution < 1.29 is 35.7 Å². The van der Waals surface area contributed by atoms with Crippen LogP contribution in [0, 0.1) is 18.8 Å². The van der Waals surface area contributed by atoms with Crippen LogP contribution in [0.5, 0.6) is 0 Å². The predicted molar refractivity (Wildman–Crippen MR) is 80.7 cm³/mol. The lowest BCUT2D eigenvalue weighted by molar-refractivity contribution is -0.225. The van der Waals surface area contributed by atoms with E-state index in [2.05, 4.69) is 15.5 Å². The predicted octanol–water partition coefficient (Wildman–Crippen LogP) is 4.17. The summed E-state index contributed by atoms with van der Waals surface area (Å²) in [5.74, 6) is -5.04. The molecule has 2 aromatic rings. The minimum atomic E-state index is -4.76. The van der Waals surface area contributed by atoms with Crippen LogP contribution in [0.2, 0.25) is 0 Å². The Bertz CT molecular complexity index is 823. The maximum Gasteiger partial charge on any atom is 0.391 e. The van der Waals surface area contributed by atoms with Crippen LogP contribution < -0.4 is 5.32 Å². The van der Waals surface area contributed by atoms with Gasteiger partial charge in [0.1, 0.15) is 0 Å². The Morgan fingerprint density at radius 2 is 1.70 bits per heavy atom. The molecule has 0 unspecified atom stereocenters. The fourth-order valence-electron chi connectivity index (χ4n) is 3.31. The second-order valence-corrected chi connectivity index (χ2v) is 6.70. The first-order valence-corrected chi connectivity index (χ1v) is 8.11. The molecule has 0 spiro atoms. The van der Waals surface area contributed by atoms with E-state index in [1.165, 1.54) is 6.07 Å². The molecule has 1 N–H and O–H groups in total. The Morgan fingerprint density at radius 3 is 2.26 bits per heavy atom. The molecule has 11 heteroatoms. The zero-order valence-electron chi connectivity index (χ0n) is 14.0. The highest BCUT2D eigenvalue weighted by atomic mass is 19.4. The Labute approximate surface area is 149 Å². The summed E-state index contributed by atoms with van der Waals surface area (Å²) < 4.78 is 83.0. The number of fused-ring (bicyclic) bond motifs is 1. The summed E-state index contributed by atoms with van der Waals surface area (Å²) in [5, 5.41) is 6.39. The van der Waals surface area contributed by atoms with Crippen molar-refractivity contribution in [3.05, 3.63) is 23.5 Å². The molecular formula is C16H15F6N3O2. The fraction of sp³-hybridized carbons (Fsp3) is 0.562. The highest BCUT2D eigenvalue weighted by molar-refractivity contribution is 5.97. The van der Waals surface area contributed by atoms with E-state index in [-0.39, 0.29) is 11.3 Å². The highest BCUT2D eigenvalue weighted by Crippen LogP contribution is 2.45. The molecule has 1 saturated carbocycles. The van der Waals surface area contributed by atoms with Crippen LogP contribution in [0.3, 0.4) is 0 Å². The van der Waals surface area contributed by atoms with E-state index in [1.54, 1.807) is 6.92 Å². The van der Waals surface area contributed by atoms with Crippen molar-refractivity contribution in [2.24, 2.45) is 11.8 Å². The van der Waals surface area contributed by atoms with E-state index >= 15 is 0 Å². The topological polar surface area (TPSA) is 68.0 Å². The Morgan fingerprint density at radius 1 is 1.11 bits per heavy atom. The first-order valence-electron chi connectivity index (χ1n) is 8.11. The minimum absolute atomic E-state index is 0.00601. The molecule has 2 atom stereocenters. The molecule has 1 amide bonds. The number of hydrogen-bond donors (Lipinski definition) is 1. The monoisotopic (exact) mass is 395 g/mol. The van der Waals surface area contributed by atoms with Crippen molar-refractivity contribution in [2.75, 3.05) is 0 Å². The van der Waals surface area contributed by atoms with Gasteiger partial charge in [-0.3, -0.25) is 4.79 Å². The lowest BCUT2D eigenvalue weighted by Gasteiger charge is -2.36. The van der Waals surface area contributed by atoms with Crippen molar-refractivity contribution in [3.8, 4) is 0 Å². The zero-order chi connectivity index (χ0) is 20.0. The average Bonchev–Trinajstić information content (AvgIpc) is 2.93. The normalized spacial score (nSPS) is 24.2. The zero-order valence-corrected chi connectivity index (χ0v) is 14.0. The smallest absolute Gasteiger partial charge is 0.349 e. The standard InChI is InChI=1S/C16H15F6N3O2/c1-7-12-2-8(6-23-14(12)27-25-7)13(26)24-11-4-9(15(17,18)19)3-10(5-11)16(20,21)22/h2,6,9-11H,3-5H2,1H3,(H,24,26)/t9-,10-/m1/s1.